The van der Waals surface area contributed by atoms with Crippen molar-refractivity contribution in [1.29, 1.82) is 0 Å². The topological polar surface area (TPSA) is 70.9 Å². The van der Waals surface area contributed by atoms with Gasteiger partial charge >= 0.3 is 0 Å². The molecular formula is C26H23F2N5O2. The Balaban J connectivity index is 1.44. The highest BCUT2D eigenvalue weighted by Gasteiger charge is 2.20. The maximum Gasteiger partial charge on any atom is 0.247 e. The fourth-order valence-electron chi connectivity index (χ4n) is 4.10. The van der Waals surface area contributed by atoms with Crippen LogP contribution in [0.15, 0.2) is 73.7 Å². The second-order valence-electron chi connectivity index (χ2n) is 8.05. The van der Waals surface area contributed by atoms with E-state index in [1.54, 1.807) is 29.4 Å². The van der Waals surface area contributed by atoms with Crippen LogP contribution in [0.4, 0.5) is 31.7 Å². The van der Waals surface area contributed by atoms with Crippen LogP contribution in [0.2, 0.25) is 0 Å². The molecule has 1 fully saturated rings. The van der Waals surface area contributed by atoms with Gasteiger partial charge in [-0.25, -0.2) is 13.8 Å². The average molecular weight is 475 g/mol. The zero-order valence-electron chi connectivity index (χ0n) is 18.8. The molecule has 0 spiro atoms. The standard InChI is InChI=1S/C26H23F2N5O2/c1-2-24(34)30-18-5-3-4-17(14-18)19-8-9-33-16-29-23(15-22(19)33)31-20-6-7-21(26(28)25(20)27)32-10-12-35-13-11-32/h2-9,14-16,31H,1,10-13H2,(H,30,34). The van der Waals surface area contributed by atoms with Gasteiger partial charge < -0.3 is 24.7 Å². The van der Waals surface area contributed by atoms with Crippen molar-refractivity contribution in [2.24, 2.45) is 0 Å². The van der Waals surface area contributed by atoms with E-state index < -0.39 is 11.6 Å². The number of ether oxygens (including phenoxy) is 1. The van der Waals surface area contributed by atoms with Crippen LogP contribution in [-0.4, -0.2) is 41.6 Å². The molecule has 35 heavy (non-hydrogen) atoms. The highest BCUT2D eigenvalue weighted by molar-refractivity contribution is 5.99. The molecule has 178 valence electrons. The molecule has 1 aliphatic rings. The summed E-state index contributed by atoms with van der Waals surface area (Å²) in [5.41, 5.74) is 3.42. The highest BCUT2D eigenvalue weighted by Crippen LogP contribution is 2.32. The zero-order valence-corrected chi connectivity index (χ0v) is 18.8. The minimum absolute atomic E-state index is 0.00130. The van der Waals surface area contributed by atoms with Crippen LogP contribution in [-0.2, 0) is 9.53 Å². The van der Waals surface area contributed by atoms with Crippen LogP contribution in [0, 0.1) is 11.6 Å². The van der Waals surface area contributed by atoms with Crippen molar-refractivity contribution in [2.45, 2.75) is 0 Å². The van der Waals surface area contributed by atoms with Gasteiger partial charge in [0.25, 0.3) is 0 Å². The molecule has 0 aliphatic carbocycles. The number of fused-ring (bicyclic) bond motifs is 1. The third-order valence-electron chi connectivity index (χ3n) is 5.85. The van der Waals surface area contributed by atoms with E-state index in [0.29, 0.717) is 37.8 Å². The summed E-state index contributed by atoms with van der Waals surface area (Å²) in [6, 6.07) is 14.2. The number of amides is 1. The molecule has 0 saturated carbocycles. The van der Waals surface area contributed by atoms with Gasteiger partial charge in [0.15, 0.2) is 11.6 Å². The van der Waals surface area contributed by atoms with Crippen molar-refractivity contribution < 1.29 is 18.3 Å². The number of aromatic nitrogens is 2. The van der Waals surface area contributed by atoms with Crippen LogP contribution in [0.5, 0.6) is 0 Å². The Labute approximate surface area is 200 Å². The largest absolute Gasteiger partial charge is 0.378 e. The predicted octanol–water partition coefficient (Wildman–Crippen LogP) is 4.98. The Bertz CT molecular complexity index is 1410. The number of nitrogens with zero attached hydrogens (tertiary/aromatic N) is 3. The second kappa shape index (κ2) is 9.55. The lowest BCUT2D eigenvalue weighted by Crippen LogP contribution is -2.36. The average Bonchev–Trinajstić information content (AvgIpc) is 3.31. The van der Waals surface area contributed by atoms with Crippen LogP contribution >= 0.6 is 0 Å². The van der Waals surface area contributed by atoms with E-state index in [1.807, 2.05) is 34.9 Å². The molecule has 3 heterocycles. The molecule has 4 aromatic rings. The lowest BCUT2D eigenvalue weighted by Gasteiger charge is -2.29. The Kier molecular flexibility index (Phi) is 6.15. The molecular weight excluding hydrogens is 452 g/mol. The first-order valence-electron chi connectivity index (χ1n) is 11.1. The SMILES string of the molecule is C=CC(=O)Nc1cccc(-c2ccn3cnc(Nc4ccc(N5CCOCC5)c(F)c4F)cc23)c1. The number of hydrogen-bond donors (Lipinski definition) is 2. The van der Waals surface area contributed by atoms with Gasteiger partial charge in [0, 0.05) is 36.6 Å². The second-order valence-corrected chi connectivity index (χ2v) is 8.05. The Hall–Kier alpha value is -4.24. The van der Waals surface area contributed by atoms with Crippen LogP contribution in [0.3, 0.4) is 0 Å². The van der Waals surface area contributed by atoms with Crippen molar-refractivity contribution >= 4 is 34.3 Å². The van der Waals surface area contributed by atoms with E-state index in [9.17, 15) is 13.6 Å². The first-order chi connectivity index (χ1) is 17.0. The smallest absolute Gasteiger partial charge is 0.247 e. The number of morpholine rings is 1. The van der Waals surface area contributed by atoms with E-state index in [2.05, 4.69) is 22.2 Å². The summed E-state index contributed by atoms with van der Waals surface area (Å²) in [7, 11) is 0. The molecule has 2 aromatic carbocycles. The van der Waals surface area contributed by atoms with E-state index in [0.717, 1.165) is 16.6 Å². The zero-order chi connectivity index (χ0) is 24.4. The maximum atomic E-state index is 14.9. The number of carbonyl (C=O) groups excluding carboxylic acids is 1. The predicted molar refractivity (Wildman–Crippen MR) is 132 cm³/mol. The Morgan fingerprint density at radius 3 is 2.71 bits per heavy atom. The van der Waals surface area contributed by atoms with Crippen molar-refractivity contribution in [1.82, 2.24) is 9.38 Å². The van der Waals surface area contributed by atoms with Gasteiger partial charge in [-0.15, -0.1) is 0 Å². The van der Waals surface area contributed by atoms with Gasteiger partial charge in [-0.1, -0.05) is 18.7 Å². The van der Waals surface area contributed by atoms with Gasteiger partial charge in [-0.05, 0) is 42.0 Å². The molecule has 9 heteroatoms. The van der Waals surface area contributed by atoms with Crippen molar-refractivity contribution in [3.8, 4) is 11.1 Å². The number of nitrogens with one attached hydrogen (secondary N) is 2. The van der Waals surface area contributed by atoms with Gasteiger partial charge in [-0.3, -0.25) is 4.79 Å². The third kappa shape index (κ3) is 4.58. The summed E-state index contributed by atoms with van der Waals surface area (Å²) in [6.45, 7) is 5.45. The minimum atomic E-state index is -0.961. The summed E-state index contributed by atoms with van der Waals surface area (Å²) < 4.78 is 36.9. The van der Waals surface area contributed by atoms with Gasteiger partial charge in [-0.2, -0.15) is 0 Å². The number of carbonyl (C=O) groups is 1. The maximum absolute atomic E-state index is 14.9. The molecule has 1 saturated heterocycles. The molecule has 2 N–H and O–H groups in total. The number of benzene rings is 2. The van der Waals surface area contributed by atoms with Crippen molar-refractivity contribution in [3.63, 3.8) is 0 Å². The summed E-state index contributed by atoms with van der Waals surface area (Å²) in [5.74, 6) is -1.80. The van der Waals surface area contributed by atoms with E-state index in [4.69, 9.17) is 4.74 Å². The Morgan fingerprint density at radius 2 is 1.91 bits per heavy atom. The lowest BCUT2D eigenvalue weighted by molar-refractivity contribution is -0.111. The minimum Gasteiger partial charge on any atom is -0.378 e. The summed E-state index contributed by atoms with van der Waals surface area (Å²) in [5, 5.41) is 5.65. The van der Waals surface area contributed by atoms with Crippen molar-refractivity contribution in [2.75, 3.05) is 41.8 Å². The van der Waals surface area contributed by atoms with Crippen LogP contribution in [0.1, 0.15) is 0 Å². The molecule has 1 amide bonds. The molecule has 0 radical (unpaired) electrons. The van der Waals surface area contributed by atoms with Crippen LogP contribution < -0.4 is 15.5 Å². The van der Waals surface area contributed by atoms with Crippen LogP contribution in [0.25, 0.3) is 16.6 Å². The van der Waals surface area contributed by atoms with E-state index in [1.165, 1.54) is 12.1 Å². The third-order valence-corrected chi connectivity index (χ3v) is 5.85. The fourth-order valence-corrected chi connectivity index (χ4v) is 4.10. The van der Waals surface area contributed by atoms with E-state index >= 15 is 0 Å². The molecule has 5 rings (SSSR count). The number of halogens is 2. The van der Waals surface area contributed by atoms with Gasteiger partial charge in [0.2, 0.25) is 5.91 Å². The number of rotatable bonds is 6. The lowest BCUT2D eigenvalue weighted by atomic mass is 10.1. The number of hydrogen-bond acceptors (Lipinski definition) is 5. The van der Waals surface area contributed by atoms with Gasteiger partial charge in [0.1, 0.15) is 12.1 Å². The fraction of sp³-hybridized carbons (Fsp3) is 0.154. The normalized spacial score (nSPS) is 13.6. The summed E-state index contributed by atoms with van der Waals surface area (Å²) in [6.07, 6.45) is 4.66. The molecule has 7 nitrogen and oxygen atoms in total. The van der Waals surface area contributed by atoms with Gasteiger partial charge in [0.05, 0.1) is 30.1 Å². The molecule has 2 aromatic heterocycles. The van der Waals surface area contributed by atoms with Crippen molar-refractivity contribution in [3.05, 3.63) is 85.3 Å². The highest BCUT2D eigenvalue weighted by atomic mass is 19.2. The molecule has 0 unspecified atom stereocenters. The first kappa shape index (κ1) is 22.5. The summed E-state index contributed by atoms with van der Waals surface area (Å²) >= 11 is 0. The first-order valence-corrected chi connectivity index (χ1v) is 11.1. The molecule has 1 aliphatic heterocycles. The number of anilines is 4. The molecule has 0 atom stereocenters. The Morgan fingerprint density at radius 1 is 1.09 bits per heavy atom. The molecule has 0 bridgehead atoms. The monoisotopic (exact) mass is 475 g/mol. The quantitative estimate of drug-likeness (QED) is 0.385. The van der Waals surface area contributed by atoms with E-state index in [-0.39, 0.29) is 17.3 Å². The summed E-state index contributed by atoms with van der Waals surface area (Å²) in [4.78, 5) is 17.8.